The highest BCUT2D eigenvalue weighted by atomic mass is 16.2. The number of nitrogens with zero attached hydrogens (tertiary/aromatic N) is 3. The van der Waals surface area contributed by atoms with Crippen LogP contribution in [0.5, 0.6) is 0 Å². The molecule has 3 saturated heterocycles. The first-order valence-corrected chi connectivity index (χ1v) is 11.6. The van der Waals surface area contributed by atoms with Crippen LogP contribution in [0.2, 0.25) is 0 Å². The second kappa shape index (κ2) is 8.25. The highest BCUT2D eigenvalue weighted by molar-refractivity contribution is 6.07. The summed E-state index contributed by atoms with van der Waals surface area (Å²) in [6, 6.07) is 0.00428. The van der Waals surface area contributed by atoms with Gasteiger partial charge in [0.05, 0.1) is 6.04 Å². The van der Waals surface area contributed by atoms with E-state index in [1.807, 2.05) is 4.90 Å². The number of hydrogen-bond donors (Lipinski definition) is 1. The average molecular weight is 405 g/mol. The topological polar surface area (TPSA) is 73.0 Å². The molecule has 1 atom stereocenters. The molecule has 162 valence electrons. The minimum atomic E-state index is -0.738. The van der Waals surface area contributed by atoms with E-state index in [9.17, 15) is 14.4 Å². The third kappa shape index (κ3) is 3.90. The van der Waals surface area contributed by atoms with Gasteiger partial charge >= 0.3 is 6.03 Å². The van der Waals surface area contributed by atoms with Gasteiger partial charge in [0.2, 0.25) is 5.91 Å². The van der Waals surface area contributed by atoms with Crippen molar-refractivity contribution in [3.05, 3.63) is 0 Å². The first kappa shape index (κ1) is 20.6. The highest BCUT2D eigenvalue weighted by Crippen LogP contribution is 2.33. The Hall–Kier alpha value is -1.63. The molecule has 3 heterocycles. The minimum Gasteiger partial charge on any atom is -0.340 e. The largest absolute Gasteiger partial charge is 0.340 e. The molecule has 4 rings (SSSR count). The Morgan fingerprint density at radius 3 is 2.34 bits per heavy atom. The molecule has 4 fully saturated rings. The zero-order valence-corrected chi connectivity index (χ0v) is 18.0. The van der Waals surface area contributed by atoms with E-state index in [1.165, 1.54) is 11.3 Å². The van der Waals surface area contributed by atoms with Crippen molar-refractivity contribution in [1.82, 2.24) is 20.0 Å². The van der Waals surface area contributed by atoms with Gasteiger partial charge in [-0.25, -0.2) is 4.79 Å². The Bertz CT molecular complexity index is 650. The molecule has 1 N–H and O–H groups in total. The van der Waals surface area contributed by atoms with E-state index < -0.39 is 5.54 Å². The van der Waals surface area contributed by atoms with Gasteiger partial charge < -0.3 is 15.1 Å². The van der Waals surface area contributed by atoms with Gasteiger partial charge in [-0.2, -0.15) is 0 Å². The van der Waals surface area contributed by atoms with E-state index in [2.05, 4.69) is 24.1 Å². The van der Waals surface area contributed by atoms with E-state index in [-0.39, 0.29) is 29.8 Å². The van der Waals surface area contributed by atoms with E-state index in [0.29, 0.717) is 25.4 Å². The summed E-state index contributed by atoms with van der Waals surface area (Å²) in [5.41, 5.74) is -0.738. The Morgan fingerprint density at radius 2 is 1.69 bits per heavy atom. The van der Waals surface area contributed by atoms with Crippen molar-refractivity contribution in [3.63, 3.8) is 0 Å². The van der Waals surface area contributed by atoms with Crippen LogP contribution in [0, 0.1) is 5.92 Å². The van der Waals surface area contributed by atoms with Gasteiger partial charge in [0, 0.05) is 38.1 Å². The summed E-state index contributed by atoms with van der Waals surface area (Å²) in [5, 5.41) is 3.04. The fourth-order valence-electron chi connectivity index (χ4n) is 5.71. The molecular formula is C22H36N4O3. The number of hydrogen-bond acceptors (Lipinski definition) is 4. The molecule has 0 aromatic rings. The smallest absolute Gasteiger partial charge is 0.325 e. The molecule has 1 saturated carbocycles. The summed E-state index contributed by atoms with van der Waals surface area (Å²) < 4.78 is 0. The quantitative estimate of drug-likeness (QED) is 0.733. The van der Waals surface area contributed by atoms with Gasteiger partial charge in [0.1, 0.15) is 5.54 Å². The van der Waals surface area contributed by atoms with Crippen LogP contribution < -0.4 is 5.32 Å². The van der Waals surface area contributed by atoms with Crippen LogP contribution in [-0.2, 0) is 9.59 Å². The monoisotopic (exact) mass is 404 g/mol. The first-order valence-electron chi connectivity index (χ1n) is 11.6. The fourth-order valence-corrected chi connectivity index (χ4v) is 5.71. The summed E-state index contributed by atoms with van der Waals surface area (Å²) in [6.07, 6.45) is 8.46. The fraction of sp³-hybridized carbons (Fsp3) is 0.864. The standard InChI is InChI=1S/C22H36N4O3/c1-16(2)24-13-10-22(11-14-24)20(28)26(21(29)23-22)18-9-6-12-25(15-18)19(27)17-7-4-3-5-8-17/h16-18H,3-15H2,1-2H3,(H,23,29)/t18-/m1/s1. The van der Waals surface area contributed by atoms with Crippen molar-refractivity contribution in [2.45, 2.75) is 89.3 Å². The summed E-state index contributed by atoms with van der Waals surface area (Å²) in [7, 11) is 0. The van der Waals surface area contributed by atoms with Gasteiger partial charge in [-0.1, -0.05) is 19.3 Å². The number of piperidine rings is 2. The number of carbonyl (C=O) groups is 3. The average Bonchev–Trinajstić information content (AvgIpc) is 2.97. The maximum Gasteiger partial charge on any atom is 0.325 e. The van der Waals surface area contributed by atoms with Crippen LogP contribution in [0.4, 0.5) is 4.79 Å². The van der Waals surface area contributed by atoms with Crippen LogP contribution in [0.15, 0.2) is 0 Å². The molecule has 0 unspecified atom stereocenters. The maximum atomic E-state index is 13.4. The molecule has 4 amide bonds. The number of carbonyl (C=O) groups excluding carboxylic acids is 3. The van der Waals surface area contributed by atoms with Gasteiger partial charge in [0.25, 0.3) is 5.91 Å². The molecule has 4 aliphatic rings. The lowest BCUT2D eigenvalue weighted by atomic mass is 9.86. The Morgan fingerprint density at radius 1 is 1.00 bits per heavy atom. The summed E-state index contributed by atoms with van der Waals surface area (Å²) >= 11 is 0. The van der Waals surface area contributed by atoms with E-state index in [4.69, 9.17) is 0 Å². The lowest BCUT2D eigenvalue weighted by molar-refractivity contribution is -0.142. The molecule has 1 spiro atoms. The van der Waals surface area contributed by atoms with Crippen molar-refractivity contribution in [3.8, 4) is 0 Å². The molecular weight excluding hydrogens is 368 g/mol. The summed E-state index contributed by atoms with van der Waals surface area (Å²) in [4.78, 5) is 44.9. The highest BCUT2D eigenvalue weighted by Gasteiger charge is 2.54. The van der Waals surface area contributed by atoms with Crippen LogP contribution in [-0.4, -0.2) is 76.3 Å². The number of imide groups is 1. The summed E-state index contributed by atoms with van der Waals surface area (Å²) in [6.45, 7) is 7.24. The van der Waals surface area contributed by atoms with Crippen LogP contribution >= 0.6 is 0 Å². The minimum absolute atomic E-state index is 0.0668. The van der Waals surface area contributed by atoms with Gasteiger partial charge in [0.15, 0.2) is 0 Å². The molecule has 29 heavy (non-hydrogen) atoms. The van der Waals surface area contributed by atoms with Crippen LogP contribution in [0.25, 0.3) is 0 Å². The van der Waals surface area contributed by atoms with Gasteiger partial charge in [-0.3, -0.25) is 14.5 Å². The van der Waals surface area contributed by atoms with E-state index in [0.717, 1.165) is 58.2 Å². The molecule has 0 bridgehead atoms. The van der Waals surface area contributed by atoms with E-state index in [1.54, 1.807) is 0 Å². The molecule has 0 aromatic heterocycles. The number of amides is 4. The van der Waals surface area contributed by atoms with Crippen LogP contribution in [0.3, 0.4) is 0 Å². The zero-order chi connectivity index (χ0) is 20.6. The van der Waals surface area contributed by atoms with Crippen molar-refractivity contribution >= 4 is 17.8 Å². The molecule has 1 aliphatic carbocycles. The molecule has 0 radical (unpaired) electrons. The molecule has 7 nitrogen and oxygen atoms in total. The predicted molar refractivity (Wildman–Crippen MR) is 110 cm³/mol. The maximum absolute atomic E-state index is 13.4. The van der Waals surface area contributed by atoms with Crippen LogP contribution in [0.1, 0.15) is 71.6 Å². The number of urea groups is 1. The SMILES string of the molecule is CC(C)N1CCC2(CC1)NC(=O)N([C@@H]1CCCN(C(=O)C3CCCCC3)C1)C2=O. The predicted octanol–water partition coefficient (Wildman–Crippen LogP) is 2.35. The number of rotatable bonds is 3. The number of likely N-dealkylation sites (tertiary alicyclic amines) is 2. The first-order chi connectivity index (χ1) is 13.9. The Balaban J connectivity index is 1.42. The lowest BCUT2D eigenvalue weighted by Gasteiger charge is -2.40. The third-order valence-corrected chi connectivity index (χ3v) is 7.60. The van der Waals surface area contributed by atoms with Crippen molar-refractivity contribution < 1.29 is 14.4 Å². The zero-order valence-electron chi connectivity index (χ0n) is 18.0. The second-order valence-electron chi connectivity index (χ2n) is 9.73. The molecule has 0 aromatic carbocycles. The third-order valence-electron chi connectivity index (χ3n) is 7.60. The van der Waals surface area contributed by atoms with Gasteiger partial charge in [-0.15, -0.1) is 0 Å². The van der Waals surface area contributed by atoms with Crippen molar-refractivity contribution in [1.29, 1.82) is 0 Å². The van der Waals surface area contributed by atoms with Crippen molar-refractivity contribution in [2.24, 2.45) is 5.92 Å². The Kier molecular flexibility index (Phi) is 5.87. The lowest BCUT2D eigenvalue weighted by Crippen LogP contribution is -2.57. The second-order valence-corrected chi connectivity index (χ2v) is 9.73. The summed E-state index contributed by atoms with van der Waals surface area (Å²) in [5.74, 6) is 0.307. The van der Waals surface area contributed by atoms with Gasteiger partial charge in [-0.05, 0) is 52.4 Å². The normalized spacial score (nSPS) is 29.0. The van der Waals surface area contributed by atoms with Crippen molar-refractivity contribution in [2.75, 3.05) is 26.2 Å². The molecule has 3 aliphatic heterocycles. The molecule has 7 heteroatoms. The number of nitrogens with one attached hydrogen (secondary N) is 1. The Labute approximate surface area is 174 Å². The van der Waals surface area contributed by atoms with E-state index >= 15 is 0 Å².